The van der Waals surface area contributed by atoms with Gasteiger partial charge < -0.3 is 24.2 Å². The van der Waals surface area contributed by atoms with Crippen LogP contribution in [0.3, 0.4) is 0 Å². The van der Waals surface area contributed by atoms with Gasteiger partial charge >= 0.3 is 25.7 Å². The molecule has 0 amide bonds. The third kappa shape index (κ3) is 53.7. The van der Waals surface area contributed by atoms with E-state index >= 15 is 0 Å². The van der Waals surface area contributed by atoms with Crippen LogP contribution < -0.4 is 0 Å². The number of aliphatic hydroxyl groups excluding tert-OH is 1. The van der Waals surface area contributed by atoms with Crippen molar-refractivity contribution in [1.29, 1.82) is 0 Å². The minimum absolute atomic E-state index is 0.0254. The van der Waals surface area contributed by atoms with Crippen LogP contribution in [0.4, 0.5) is 0 Å². The van der Waals surface area contributed by atoms with Gasteiger partial charge in [0.05, 0.1) is 32.7 Å². The third-order valence-electron chi connectivity index (χ3n) is 10.7. The zero-order chi connectivity index (χ0) is 55.5. The summed E-state index contributed by atoms with van der Waals surface area (Å²) in [5.41, 5.74) is 0. The van der Waals surface area contributed by atoms with Crippen LogP contribution in [0.2, 0.25) is 0 Å². The highest BCUT2D eigenvalue weighted by Gasteiger charge is 2.28. The Morgan fingerprint density at radius 3 is 1.09 bits per heavy atom. The molecule has 3 atom stereocenters. The van der Waals surface area contributed by atoms with E-state index in [0.717, 1.165) is 116 Å². The van der Waals surface area contributed by atoms with Crippen LogP contribution in [0.1, 0.15) is 175 Å². The predicted molar refractivity (Wildman–Crippen MR) is 315 cm³/mol. The summed E-state index contributed by atoms with van der Waals surface area (Å²) < 4.78 is 39.2. The normalized spacial score (nSPS) is 14.6. The monoisotopic (exact) mass is 1070 g/mol. The van der Waals surface area contributed by atoms with E-state index in [9.17, 15) is 28.9 Å². The lowest BCUT2D eigenvalue weighted by atomic mass is 10.1. The summed E-state index contributed by atoms with van der Waals surface area (Å²) in [6.45, 7) is 4.02. The quantitative estimate of drug-likeness (QED) is 0.0197. The fourth-order valence-corrected chi connectivity index (χ4v) is 7.34. The maximum absolute atomic E-state index is 12.9. The van der Waals surface area contributed by atoms with Crippen molar-refractivity contribution in [3.63, 3.8) is 0 Å². The molecule has 0 aromatic rings. The zero-order valence-electron chi connectivity index (χ0n) is 46.6. The Morgan fingerprint density at radius 2 is 0.697 bits per heavy atom. The van der Waals surface area contributed by atoms with Crippen LogP contribution in [0.15, 0.2) is 170 Å². The molecule has 0 aliphatic rings. The number of aliphatic hydroxyl groups is 1. The Morgan fingerprint density at radius 1 is 0.382 bits per heavy atom. The molecule has 0 rings (SSSR count). The van der Waals surface area contributed by atoms with Crippen LogP contribution in [-0.2, 0) is 42.2 Å². The zero-order valence-corrected chi connectivity index (χ0v) is 47.5. The average Bonchev–Trinajstić information content (AvgIpc) is 3.41. The van der Waals surface area contributed by atoms with Crippen LogP contribution >= 0.6 is 7.82 Å². The van der Waals surface area contributed by atoms with Gasteiger partial charge in [-0.1, -0.05) is 217 Å². The van der Waals surface area contributed by atoms with Crippen molar-refractivity contribution < 1.29 is 52.2 Å². The van der Waals surface area contributed by atoms with Gasteiger partial charge in [-0.25, -0.2) is 4.57 Å². The second-order valence-corrected chi connectivity index (χ2v) is 19.1. The Bertz CT molecular complexity index is 1920. The third-order valence-corrected chi connectivity index (χ3v) is 11.6. The van der Waals surface area contributed by atoms with Crippen LogP contribution in [0, 0.1) is 0 Å². The first-order valence-electron chi connectivity index (χ1n) is 28.0. The molecule has 76 heavy (non-hydrogen) atoms. The highest BCUT2D eigenvalue weighted by atomic mass is 31.2. The van der Waals surface area contributed by atoms with Crippen molar-refractivity contribution in [1.82, 2.24) is 0 Å². The number of ether oxygens (including phenoxy) is 3. The maximum Gasteiger partial charge on any atom is 0.472 e. The molecule has 0 heterocycles. The first-order chi connectivity index (χ1) is 37.2. The van der Waals surface area contributed by atoms with E-state index in [1.165, 1.54) is 0 Å². The van der Waals surface area contributed by atoms with Crippen LogP contribution in [-0.4, -0.2) is 66.5 Å². The van der Waals surface area contributed by atoms with Gasteiger partial charge in [0.15, 0.2) is 6.10 Å². The lowest BCUT2D eigenvalue weighted by molar-refractivity contribution is -0.161. The molecule has 3 unspecified atom stereocenters. The number of unbranched alkanes of at least 4 members (excludes halogenated alkanes) is 6. The number of phosphoric ester groups is 1. The summed E-state index contributed by atoms with van der Waals surface area (Å²) in [4.78, 5) is 48.4. The van der Waals surface area contributed by atoms with E-state index in [0.29, 0.717) is 19.3 Å². The minimum atomic E-state index is -4.81. The number of carbonyl (C=O) groups excluding carboxylic acids is 3. The van der Waals surface area contributed by atoms with E-state index in [1.807, 2.05) is 30.4 Å². The van der Waals surface area contributed by atoms with Gasteiger partial charge in [-0.3, -0.25) is 23.4 Å². The summed E-state index contributed by atoms with van der Waals surface area (Å²) in [5.74, 6) is -1.80. The number of hydrogen-bond acceptors (Lipinski definition) is 10. The number of phosphoric acid groups is 1. The molecule has 0 radical (unpaired) electrons. The number of carbonyl (C=O) groups is 3. The fraction of sp³-hybridized carbons (Fsp3) is 0.516. The Kier molecular flexibility index (Phi) is 52.2. The lowest BCUT2D eigenvalue weighted by Gasteiger charge is -2.21. The fourth-order valence-electron chi connectivity index (χ4n) is 6.55. The maximum atomic E-state index is 12.9. The van der Waals surface area contributed by atoms with Gasteiger partial charge in [-0.05, 0) is 109 Å². The first kappa shape index (κ1) is 70.8. The molecular weight excluding hydrogens is 976 g/mol. The van der Waals surface area contributed by atoms with Gasteiger partial charge in [-0.15, -0.1) is 0 Å². The molecule has 12 heteroatoms. The van der Waals surface area contributed by atoms with Crippen molar-refractivity contribution >= 4 is 25.7 Å². The minimum Gasteiger partial charge on any atom is -0.461 e. The van der Waals surface area contributed by atoms with E-state index in [2.05, 4.69) is 148 Å². The number of allylic oxidation sites excluding steroid dienone is 26. The summed E-state index contributed by atoms with van der Waals surface area (Å²) in [6.07, 6.45) is 75.1. The number of rotatable bonds is 49. The molecular formula is C64H97O11P. The molecule has 0 spiro atoms. The molecule has 0 fully saturated rings. The average molecular weight is 1070 g/mol. The summed E-state index contributed by atoms with van der Waals surface area (Å²) in [6, 6.07) is 0. The molecule has 0 aliphatic carbocycles. The summed E-state index contributed by atoms with van der Waals surface area (Å²) in [5, 5.41) is 9.79. The SMILES string of the molecule is CC/C=C\C/C=C\C/C=C\C/C=C\C/C=C\CC(=O)OCC(COP(=O)(O)OCC(CO)OC(=O)C/C=C\C/C=C\C/C=C\C/C=C\C/C=C\CC)OC(=O)CCCCCCCC/C=C\C/C=C\C/C=C\C/C=C\CC. The van der Waals surface area contributed by atoms with E-state index < -0.39 is 64.4 Å². The number of hydrogen-bond donors (Lipinski definition) is 2. The molecule has 11 nitrogen and oxygen atoms in total. The predicted octanol–water partition coefficient (Wildman–Crippen LogP) is 16.7. The van der Waals surface area contributed by atoms with Gasteiger partial charge in [0.25, 0.3) is 0 Å². The molecule has 0 saturated carbocycles. The van der Waals surface area contributed by atoms with Crippen molar-refractivity contribution in [2.45, 2.75) is 187 Å². The Hall–Kier alpha value is -5.16. The standard InChI is InChI=1S/C64H97O11P/c1-4-7-10-13-16-19-22-25-28-29-30-31-34-37-40-43-46-49-52-55-64(68)75-61(57-71-62(66)53-50-47-44-41-38-35-32-26-23-20-17-14-11-8-5-2)59-73-76(69,70)72-58-60(56-65)74-63(67)54-51-48-45-42-39-36-33-27-24-21-18-15-12-9-6-3/h7-12,16-21,25-28,30-33,38-39,41-42,47-48,50-51,60-61,65H,4-6,13-15,22-24,29,34-37,40,43-46,49,52-59H2,1-3H3,(H,69,70)/b10-7-,11-8-,12-9-,19-16-,20-17-,21-18-,28-25-,31-30-,32-26-,33-27-,41-38-,42-39-,50-47-,51-48-. The van der Waals surface area contributed by atoms with Gasteiger partial charge in [0.2, 0.25) is 0 Å². The van der Waals surface area contributed by atoms with E-state index in [1.54, 1.807) is 12.2 Å². The topological polar surface area (TPSA) is 155 Å². The summed E-state index contributed by atoms with van der Waals surface area (Å²) >= 11 is 0. The smallest absolute Gasteiger partial charge is 0.461 e. The number of esters is 3. The highest BCUT2D eigenvalue weighted by molar-refractivity contribution is 7.47. The lowest BCUT2D eigenvalue weighted by Crippen LogP contribution is -2.30. The second-order valence-electron chi connectivity index (χ2n) is 17.6. The Labute approximate surface area is 459 Å². The molecule has 2 N–H and O–H groups in total. The largest absolute Gasteiger partial charge is 0.472 e. The van der Waals surface area contributed by atoms with Crippen molar-refractivity contribution in [3.05, 3.63) is 170 Å². The highest BCUT2D eigenvalue weighted by Crippen LogP contribution is 2.43. The molecule has 0 saturated heterocycles. The first-order valence-corrected chi connectivity index (χ1v) is 29.5. The molecule has 0 aromatic heterocycles. The van der Waals surface area contributed by atoms with E-state index in [4.69, 9.17) is 23.3 Å². The van der Waals surface area contributed by atoms with Crippen LogP contribution in [0.5, 0.6) is 0 Å². The van der Waals surface area contributed by atoms with Crippen molar-refractivity contribution in [3.8, 4) is 0 Å². The second kappa shape index (κ2) is 56.1. The molecule has 0 aliphatic heterocycles. The Balaban J connectivity index is 4.97. The summed E-state index contributed by atoms with van der Waals surface area (Å²) in [7, 11) is -4.81. The molecule has 0 bridgehead atoms. The molecule has 0 aromatic carbocycles. The van der Waals surface area contributed by atoms with Crippen LogP contribution in [0.25, 0.3) is 0 Å². The van der Waals surface area contributed by atoms with Gasteiger partial charge in [0, 0.05) is 6.42 Å². The van der Waals surface area contributed by atoms with Gasteiger partial charge in [0.1, 0.15) is 12.7 Å². The van der Waals surface area contributed by atoms with E-state index in [-0.39, 0.29) is 19.3 Å². The van der Waals surface area contributed by atoms with Crippen molar-refractivity contribution in [2.24, 2.45) is 0 Å². The van der Waals surface area contributed by atoms with Crippen molar-refractivity contribution in [2.75, 3.05) is 26.4 Å². The van der Waals surface area contributed by atoms with Gasteiger partial charge in [-0.2, -0.15) is 0 Å². The molecule has 424 valence electrons.